The third-order valence-corrected chi connectivity index (χ3v) is 4.08. The molecule has 0 heterocycles. The molecule has 0 bridgehead atoms. The van der Waals surface area contributed by atoms with Crippen molar-refractivity contribution in [3.05, 3.63) is 35.1 Å². The first-order valence-electron chi connectivity index (χ1n) is 6.33. The van der Waals surface area contributed by atoms with Crippen LogP contribution in [0.3, 0.4) is 0 Å². The van der Waals surface area contributed by atoms with Crippen LogP contribution in [0.1, 0.15) is 43.4 Å². The zero-order valence-electron chi connectivity index (χ0n) is 9.67. The van der Waals surface area contributed by atoms with Gasteiger partial charge in [-0.3, -0.25) is 0 Å². The van der Waals surface area contributed by atoms with Crippen LogP contribution < -0.4 is 5.32 Å². The molecule has 0 amide bonds. The summed E-state index contributed by atoms with van der Waals surface area (Å²) < 4.78 is 13.5. The van der Waals surface area contributed by atoms with Crippen molar-refractivity contribution >= 4 is 0 Å². The quantitative estimate of drug-likeness (QED) is 0.823. The molecule has 2 heteroatoms. The fourth-order valence-corrected chi connectivity index (χ4v) is 2.94. The maximum absolute atomic E-state index is 13.5. The van der Waals surface area contributed by atoms with Crippen molar-refractivity contribution in [1.82, 2.24) is 5.32 Å². The summed E-state index contributed by atoms with van der Waals surface area (Å²) in [7, 11) is 0. The fourth-order valence-electron chi connectivity index (χ4n) is 2.94. The number of hydrogen-bond donors (Lipinski definition) is 1. The summed E-state index contributed by atoms with van der Waals surface area (Å²) in [6.07, 6.45) is 4.52. The predicted molar refractivity (Wildman–Crippen MR) is 62.8 cm³/mol. The van der Waals surface area contributed by atoms with E-state index < -0.39 is 0 Å². The lowest BCUT2D eigenvalue weighted by Gasteiger charge is -2.13. The van der Waals surface area contributed by atoms with Crippen LogP contribution in [0.4, 0.5) is 4.39 Å². The Balaban J connectivity index is 1.74. The summed E-state index contributed by atoms with van der Waals surface area (Å²) in [5.74, 6) is 0.835. The van der Waals surface area contributed by atoms with Gasteiger partial charge in [0.2, 0.25) is 0 Å². The molecule has 1 fully saturated rings. The van der Waals surface area contributed by atoms with Crippen molar-refractivity contribution in [1.29, 1.82) is 0 Å². The Hall–Kier alpha value is -0.890. The molecule has 3 unspecified atom stereocenters. The molecule has 1 N–H and O–H groups in total. The zero-order valence-corrected chi connectivity index (χ0v) is 9.67. The maximum Gasteiger partial charge on any atom is 0.126 e. The number of rotatable bonds is 3. The summed E-state index contributed by atoms with van der Waals surface area (Å²) in [4.78, 5) is 0. The van der Waals surface area contributed by atoms with E-state index in [0.29, 0.717) is 12.1 Å². The minimum atomic E-state index is -0.0235. The summed E-state index contributed by atoms with van der Waals surface area (Å²) in [6, 6.07) is 6.56. The second-order valence-corrected chi connectivity index (χ2v) is 5.08. The van der Waals surface area contributed by atoms with Gasteiger partial charge in [-0.25, -0.2) is 4.39 Å². The Morgan fingerprint density at radius 2 is 2.31 bits per heavy atom. The van der Waals surface area contributed by atoms with Crippen molar-refractivity contribution in [2.45, 2.75) is 44.7 Å². The summed E-state index contributed by atoms with van der Waals surface area (Å²) in [5, 5.41) is 3.67. The lowest BCUT2D eigenvalue weighted by Crippen LogP contribution is -2.22. The molecular formula is C14H18FN. The van der Waals surface area contributed by atoms with Gasteiger partial charge in [-0.05, 0) is 42.4 Å². The van der Waals surface area contributed by atoms with E-state index >= 15 is 0 Å². The van der Waals surface area contributed by atoms with Crippen molar-refractivity contribution in [3.63, 3.8) is 0 Å². The van der Waals surface area contributed by atoms with Crippen LogP contribution in [0.25, 0.3) is 0 Å². The van der Waals surface area contributed by atoms with Crippen LogP contribution in [0.2, 0.25) is 0 Å². The van der Waals surface area contributed by atoms with Gasteiger partial charge in [0.15, 0.2) is 0 Å². The minimum Gasteiger partial charge on any atom is -0.307 e. The SMILES string of the molecule is CCC1CC1NC1CCc2c(F)cccc21. The van der Waals surface area contributed by atoms with Gasteiger partial charge in [-0.15, -0.1) is 0 Å². The number of hydrogen-bond acceptors (Lipinski definition) is 1. The molecule has 3 rings (SSSR count). The number of halogens is 1. The topological polar surface area (TPSA) is 12.0 Å². The number of fused-ring (bicyclic) bond motifs is 1. The third-order valence-electron chi connectivity index (χ3n) is 4.08. The molecule has 0 radical (unpaired) electrons. The van der Waals surface area contributed by atoms with Crippen LogP contribution in [0.15, 0.2) is 18.2 Å². The molecule has 0 aromatic heterocycles. The first-order valence-corrected chi connectivity index (χ1v) is 6.33. The average molecular weight is 219 g/mol. The van der Waals surface area contributed by atoms with Gasteiger partial charge in [0.25, 0.3) is 0 Å². The van der Waals surface area contributed by atoms with Crippen LogP contribution in [0, 0.1) is 11.7 Å². The lowest BCUT2D eigenvalue weighted by molar-refractivity contribution is 0.504. The highest BCUT2D eigenvalue weighted by Gasteiger charge is 2.38. The summed E-state index contributed by atoms with van der Waals surface area (Å²) in [5.41, 5.74) is 2.13. The van der Waals surface area contributed by atoms with Crippen LogP contribution >= 0.6 is 0 Å². The van der Waals surface area contributed by atoms with Gasteiger partial charge >= 0.3 is 0 Å². The van der Waals surface area contributed by atoms with Crippen LogP contribution in [-0.2, 0) is 6.42 Å². The Kier molecular flexibility index (Phi) is 2.47. The third kappa shape index (κ3) is 1.65. The minimum absolute atomic E-state index is 0.0235. The molecule has 1 saturated carbocycles. The number of benzene rings is 1. The van der Waals surface area contributed by atoms with Gasteiger partial charge in [0.05, 0.1) is 0 Å². The van der Waals surface area contributed by atoms with Crippen LogP contribution in [-0.4, -0.2) is 6.04 Å². The van der Waals surface area contributed by atoms with E-state index in [4.69, 9.17) is 0 Å². The van der Waals surface area contributed by atoms with Crippen molar-refractivity contribution in [2.75, 3.05) is 0 Å². The van der Waals surface area contributed by atoms with Crippen molar-refractivity contribution < 1.29 is 4.39 Å². The van der Waals surface area contributed by atoms with Gasteiger partial charge in [0, 0.05) is 12.1 Å². The lowest BCUT2D eigenvalue weighted by atomic mass is 10.1. The summed E-state index contributed by atoms with van der Waals surface area (Å²) in [6.45, 7) is 2.24. The first-order chi connectivity index (χ1) is 7.79. The second kappa shape index (κ2) is 3.85. The maximum atomic E-state index is 13.5. The smallest absolute Gasteiger partial charge is 0.126 e. The number of nitrogens with one attached hydrogen (secondary N) is 1. The molecule has 1 nitrogen and oxygen atoms in total. The molecule has 1 aromatic rings. The Morgan fingerprint density at radius 1 is 1.44 bits per heavy atom. The van der Waals surface area contributed by atoms with E-state index in [1.165, 1.54) is 18.4 Å². The normalized spacial score (nSPS) is 31.5. The van der Waals surface area contributed by atoms with Crippen molar-refractivity contribution in [3.8, 4) is 0 Å². The average Bonchev–Trinajstić information content (AvgIpc) is 2.91. The molecule has 1 aromatic carbocycles. The van der Waals surface area contributed by atoms with Crippen molar-refractivity contribution in [2.24, 2.45) is 5.92 Å². The second-order valence-electron chi connectivity index (χ2n) is 5.08. The molecule has 3 atom stereocenters. The highest BCUT2D eigenvalue weighted by molar-refractivity contribution is 5.35. The largest absolute Gasteiger partial charge is 0.307 e. The van der Waals surface area contributed by atoms with E-state index in [9.17, 15) is 4.39 Å². The molecule has 2 aliphatic rings. The summed E-state index contributed by atoms with van der Waals surface area (Å²) >= 11 is 0. The molecule has 0 aliphatic heterocycles. The van der Waals surface area contributed by atoms with E-state index in [-0.39, 0.29) is 5.82 Å². The molecule has 0 saturated heterocycles. The van der Waals surface area contributed by atoms with E-state index in [1.807, 2.05) is 6.07 Å². The van der Waals surface area contributed by atoms with E-state index in [1.54, 1.807) is 6.07 Å². The highest BCUT2D eigenvalue weighted by Crippen LogP contribution is 2.39. The molecule has 16 heavy (non-hydrogen) atoms. The molecule has 0 spiro atoms. The van der Waals surface area contributed by atoms with Gasteiger partial charge in [-0.1, -0.05) is 25.5 Å². The van der Waals surface area contributed by atoms with Crippen LogP contribution in [0.5, 0.6) is 0 Å². The van der Waals surface area contributed by atoms with Gasteiger partial charge in [-0.2, -0.15) is 0 Å². The predicted octanol–water partition coefficient (Wildman–Crippen LogP) is 3.20. The fraction of sp³-hybridized carbons (Fsp3) is 0.571. The molecule has 2 aliphatic carbocycles. The van der Waals surface area contributed by atoms with Gasteiger partial charge < -0.3 is 5.32 Å². The molecular weight excluding hydrogens is 201 g/mol. The monoisotopic (exact) mass is 219 g/mol. The van der Waals surface area contributed by atoms with E-state index in [0.717, 1.165) is 24.3 Å². The van der Waals surface area contributed by atoms with Gasteiger partial charge in [0.1, 0.15) is 5.82 Å². The highest BCUT2D eigenvalue weighted by atomic mass is 19.1. The Bertz CT molecular complexity index is 402. The Labute approximate surface area is 96.1 Å². The first kappa shape index (κ1) is 10.3. The zero-order chi connectivity index (χ0) is 11.1. The standard InChI is InChI=1S/C14H18FN/c1-2-9-8-14(9)16-13-7-6-10-11(13)4-3-5-12(10)15/h3-5,9,13-14,16H,2,6-8H2,1H3. The Morgan fingerprint density at radius 3 is 3.06 bits per heavy atom. The molecule has 86 valence electrons. The van der Waals surface area contributed by atoms with E-state index in [2.05, 4.69) is 18.3 Å².